The third-order valence-electron chi connectivity index (χ3n) is 0.463. The van der Waals surface area contributed by atoms with E-state index in [1.54, 1.807) is 6.34 Å². The molecule has 0 bridgehead atoms. The second-order valence-corrected chi connectivity index (χ2v) is 1.86. The topological polar surface area (TPSA) is 50.4 Å². The van der Waals surface area contributed by atoms with Crippen LogP contribution in [0.4, 0.5) is 0 Å². The van der Waals surface area contributed by atoms with Crippen LogP contribution in [0.3, 0.4) is 0 Å². The van der Waals surface area contributed by atoms with E-state index in [-0.39, 0.29) is 5.50 Å². The SMILES string of the molecule is NC1N=CNS1. The lowest BCUT2D eigenvalue weighted by molar-refractivity contribution is 1.01. The zero-order valence-electron chi connectivity index (χ0n) is 3.09. The van der Waals surface area contributed by atoms with Crippen molar-refractivity contribution < 1.29 is 0 Å². The van der Waals surface area contributed by atoms with Crippen molar-refractivity contribution in [1.29, 1.82) is 0 Å². The van der Waals surface area contributed by atoms with E-state index in [1.165, 1.54) is 11.9 Å². The standard InChI is InChI=1S/C2H5N3S/c3-2-4-1-5-6-2/h1-2H,3H2,(H,4,5). The molecule has 0 spiro atoms. The maximum absolute atomic E-state index is 5.24. The molecule has 0 aromatic carbocycles. The number of rotatable bonds is 0. The first-order valence-electron chi connectivity index (χ1n) is 1.58. The van der Waals surface area contributed by atoms with Crippen LogP contribution in [0.25, 0.3) is 0 Å². The van der Waals surface area contributed by atoms with Gasteiger partial charge >= 0.3 is 0 Å². The van der Waals surface area contributed by atoms with Gasteiger partial charge in [-0.05, 0) is 11.9 Å². The Balaban J connectivity index is 2.38. The first-order valence-corrected chi connectivity index (χ1v) is 2.46. The number of hydrogen-bond acceptors (Lipinski definition) is 4. The summed E-state index contributed by atoms with van der Waals surface area (Å²) >= 11 is 1.40. The lowest BCUT2D eigenvalue weighted by Crippen LogP contribution is -2.08. The van der Waals surface area contributed by atoms with Crippen LogP contribution in [0.15, 0.2) is 4.99 Å². The fourth-order valence-corrected chi connectivity index (χ4v) is 0.617. The minimum absolute atomic E-state index is 0.0787. The first kappa shape index (κ1) is 3.95. The molecule has 0 radical (unpaired) electrons. The molecule has 3 nitrogen and oxygen atoms in total. The lowest BCUT2D eigenvalue weighted by atomic mass is 11.1. The molecule has 0 amide bonds. The molecule has 1 heterocycles. The number of nitrogens with zero attached hydrogens (tertiary/aromatic N) is 1. The van der Waals surface area contributed by atoms with E-state index in [9.17, 15) is 0 Å². The van der Waals surface area contributed by atoms with Gasteiger partial charge < -0.3 is 4.72 Å². The summed E-state index contributed by atoms with van der Waals surface area (Å²) in [7, 11) is 0. The van der Waals surface area contributed by atoms with Crippen LogP contribution >= 0.6 is 11.9 Å². The Morgan fingerprint density at radius 2 is 2.83 bits per heavy atom. The van der Waals surface area contributed by atoms with Crippen molar-refractivity contribution >= 4 is 18.3 Å². The second kappa shape index (κ2) is 1.49. The summed E-state index contributed by atoms with van der Waals surface area (Å²) in [5, 5.41) is 0. The summed E-state index contributed by atoms with van der Waals surface area (Å²) in [6, 6.07) is 0. The predicted octanol–water partition coefficient (Wildman–Crippen LogP) is -0.492. The highest BCUT2D eigenvalue weighted by atomic mass is 32.2. The van der Waals surface area contributed by atoms with E-state index in [4.69, 9.17) is 5.73 Å². The molecule has 34 valence electrons. The minimum Gasteiger partial charge on any atom is -0.318 e. The maximum Gasteiger partial charge on any atom is 0.165 e. The van der Waals surface area contributed by atoms with Crippen LogP contribution in [-0.4, -0.2) is 11.8 Å². The molecule has 0 aromatic heterocycles. The van der Waals surface area contributed by atoms with Gasteiger partial charge in [0.05, 0.1) is 6.34 Å². The Bertz CT molecular complexity index is 71.2. The second-order valence-electron chi connectivity index (χ2n) is 0.904. The number of aliphatic imine (C=N–C) groups is 1. The Kier molecular flexibility index (Phi) is 0.979. The Labute approximate surface area is 40.1 Å². The van der Waals surface area contributed by atoms with Gasteiger partial charge in [-0.1, -0.05) is 0 Å². The summed E-state index contributed by atoms with van der Waals surface area (Å²) in [4.78, 5) is 3.74. The smallest absolute Gasteiger partial charge is 0.165 e. The molecule has 1 aliphatic rings. The Morgan fingerprint density at radius 1 is 2.00 bits per heavy atom. The summed E-state index contributed by atoms with van der Waals surface area (Å²) in [5.74, 6) is 0. The van der Waals surface area contributed by atoms with E-state index in [2.05, 4.69) is 9.71 Å². The fourth-order valence-electron chi connectivity index (χ4n) is 0.234. The average molecular weight is 103 g/mol. The molecule has 0 fully saturated rings. The first-order chi connectivity index (χ1) is 2.89. The molecule has 6 heavy (non-hydrogen) atoms. The van der Waals surface area contributed by atoms with Crippen molar-refractivity contribution in [1.82, 2.24) is 4.72 Å². The van der Waals surface area contributed by atoms with Crippen molar-refractivity contribution in [3.63, 3.8) is 0 Å². The molecule has 1 atom stereocenters. The van der Waals surface area contributed by atoms with E-state index in [0.717, 1.165) is 0 Å². The maximum atomic E-state index is 5.24. The Hall–Kier alpha value is -0.220. The molecular formula is C2H5N3S. The van der Waals surface area contributed by atoms with Gasteiger partial charge in [0.1, 0.15) is 0 Å². The van der Waals surface area contributed by atoms with Gasteiger partial charge in [0, 0.05) is 0 Å². The van der Waals surface area contributed by atoms with Gasteiger partial charge in [0.15, 0.2) is 5.50 Å². The summed E-state index contributed by atoms with van der Waals surface area (Å²) in [6.45, 7) is 0. The molecule has 4 heteroatoms. The van der Waals surface area contributed by atoms with E-state index in [1.807, 2.05) is 0 Å². The molecule has 1 rings (SSSR count). The summed E-state index contributed by atoms with van der Waals surface area (Å²) < 4.78 is 2.77. The van der Waals surface area contributed by atoms with Gasteiger partial charge in [-0.3, -0.25) is 5.73 Å². The average Bonchev–Trinajstić information content (AvgIpc) is 1.86. The molecule has 1 aliphatic heterocycles. The van der Waals surface area contributed by atoms with Crippen LogP contribution in [0.5, 0.6) is 0 Å². The normalized spacial score (nSPS) is 30.5. The summed E-state index contributed by atoms with van der Waals surface area (Å²) in [6.07, 6.45) is 1.59. The quantitative estimate of drug-likeness (QED) is 0.407. The Morgan fingerprint density at radius 3 is 3.00 bits per heavy atom. The van der Waals surface area contributed by atoms with Gasteiger partial charge in [-0.2, -0.15) is 0 Å². The zero-order valence-corrected chi connectivity index (χ0v) is 3.90. The lowest BCUT2D eigenvalue weighted by Gasteiger charge is -1.89. The van der Waals surface area contributed by atoms with Crippen LogP contribution < -0.4 is 10.5 Å². The number of nitrogens with one attached hydrogen (secondary N) is 1. The molecule has 0 saturated carbocycles. The largest absolute Gasteiger partial charge is 0.318 e. The van der Waals surface area contributed by atoms with Crippen LogP contribution in [0.2, 0.25) is 0 Å². The molecule has 1 unspecified atom stereocenters. The molecular weight excluding hydrogens is 98.1 g/mol. The van der Waals surface area contributed by atoms with Crippen molar-refractivity contribution in [2.45, 2.75) is 5.50 Å². The highest BCUT2D eigenvalue weighted by molar-refractivity contribution is 7.98. The van der Waals surface area contributed by atoms with Crippen molar-refractivity contribution in [3.05, 3.63) is 0 Å². The third kappa shape index (κ3) is 0.636. The van der Waals surface area contributed by atoms with Gasteiger partial charge in [-0.25, -0.2) is 4.99 Å². The number of nitrogens with two attached hydrogens (primary N) is 1. The third-order valence-corrected chi connectivity index (χ3v) is 1.07. The van der Waals surface area contributed by atoms with E-state index >= 15 is 0 Å². The van der Waals surface area contributed by atoms with Crippen molar-refractivity contribution in [2.75, 3.05) is 0 Å². The van der Waals surface area contributed by atoms with Crippen LogP contribution in [0.1, 0.15) is 0 Å². The highest BCUT2D eigenvalue weighted by Crippen LogP contribution is 2.03. The van der Waals surface area contributed by atoms with Gasteiger partial charge in [0.25, 0.3) is 0 Å². The van der Waals surface area contributed by atoms with Crippen molar-refractivity contribution in [2.24, 2.45) is 10.7 Å². The number of hydrogen-bond donors (Lipinski definition) is 2. The zero-order chi connectivity index (χ0) is 4.41. The van der Waals surface area contributed by atoms with Gasteiger partial charge in [0.2, 0.25) is 0 Å². The monoisotopic (exact) mass is 103 g/mol. The van der Waals surface area contributed by atoms with E-state index in [0.29, 0.717) is 0 Å². The van der Waals surface area contributed by atoms with E-state index < -0.39 is 0 Å². The fraction of sp³-hybridized carbons (Fsp3) is 0.500. The van der Waals surface area contributed by atoms with Crippen molar-refractivity contribution in [3.8, 4) is 0 Å². The molecule has 3 N–H and O–H groups in total. The van der Waals surface area contributed by atoms with Crippen LogP contribution in [0, 0.1) is 0 Å². The van der Waals surface area contributed by atoms with Gasteiger partial charge in [-0.15, -0.1) is 0 Å². The predicted molar refractivity (Wildman–Crippen MR) is 27.2 cm³/mol. The minimum atomic E-state index is -0.0787. The van der Waals surface area contributed by atoms with Crippen LogP contribution in [-0.2, 0) is 0 Å². The molecule has 0 saturated heterocycles. The highest BCUT2D eigenvalue weighted by Gasteiger charge is 2.00. The molecule has 0 aromatic rings. The molecule has 0 aliphatic carbocycles. The summed E-state index contributed by atoms with van der Waals surface area (Å²) in [5.41, 5.74) is 5.16.